The molecule has 0 aliphatic heterocycles. The SMILES string of the molecule is CC(CCN(C)C)CC(C)C(C)N(C)C. The lowest BCUT2D eigenvalue weighted by atomic mass is 9.90. The van der Waals surface area contributed by atoms with Gasteiger partial charge in [0.05, 0.1) is 0 Å². The lowest BCUT2D eigenvalue weighted by Crippen LogP contribution is -2.32. The summed E-state index contributed by atoms with van der Waals surface area (Å²) < 4.78 is 0. The molecule has 3 unspecified atom stereocenters. The molecular weight excluding hydrogens is 184 g/mol. The Morgan fingerprint density at radius 3 is 1.87 bits per heavy atom. The minimum absolute atomic E-state index is 0.687. The van der Waals surface area contributed by atoms with Crippen LogP contribution < -0.4 is 0 Å². The lowest BCUT2D eigenvalue weighted by Gasteiger charge is -2.28. The van der Waals surface area contributed by atoms with E-state index in [0.29, 0.717) is 6.04 Å². The highest BCUT2D eigenvalue weighted by molar-refractivity contribution is 4.70. The summed E-state index contributed by atoms with van der Waals surface area (Å²) in [5.41, 5.74) is 0. The molecule has 0 N–H and O–H groups in total. The van der Waals surface area contributed by atoms with Crippen molar-refractivity contribution in [3.63, 3.8) is 0 Å². The Morgan fingerprint density at radius 1 is 0.933 bits per heavy atom. The summed E-state index contributed by atoms with van der Waals surface area (Å²) in [5, 5.41) is 0. The van der Waals surface area contributed by atoms with Gasteiger partial charge in [0.25, 0.3) is 0 Å². The van der Waals surface area contributed by atoms with E-state index in [2.05, 4.69) is 58.8 Å². The molecule has 0 aromatic heterocycles. The van der Waals surface area contributed by atoms with Crippen molar-refractivity contribution >= 4 is 0 Å². The largest absolute Gasteiger partial charge is 0.309 e. The van der Waals surface area contributed by atoms with Crippen LogP contribution in [-0.4, -0.2) is 50.6 Å². The van der Waals surface area contributed by atoms with Crippen LogP contribution in [0.25, 0.3) is 0 Å². The van der Waals surface area contributed by atoms with Gasteiger partial charge in [-0.05, 0) is 66.3 Å². The average Bonchev–Trinajstić information content (AvgIpc) is 2.13. The van der Waals surface area contributed by atoms with Crippen LogP contribution in [0.4, 0.5) is 0 Å². The zero-order valence-electron chi connectivity index (χ0n) is 11.7. The summed E-state index contributed by atoms with van der Waals surface area (Å²) in [7, 11) is 8.65. The Hall–Kier alpha value is -0.0800. The van der Waals surface area contributed by atoms with Crippen molar-refractivity contribution in [3.05, 3.63) is 0 Å². The van der Waals surface area contributed by atoms with Crippen molar-refractivity contribution in [2.45, 2.75) is 39.7 Å². The van der Waals surface area contributed by atoms with Crippen LogP contribution in [0, 0.1) is 11.8 Å². The van der Waals surface area contributed by atoms with Gasteiger partial charge in [0.1, 0.15) is 0 Å². The van der Waals surface area contributed by atoms with Crippen LogP contribution in [0.5, 0.6) is 0 Å². The zero-order valence-corrected chi connectivity index (χ0v) is 11.7. The highest BCUT2D eigenvalue weighted by Gasteiger charge is 2.16. The zero-order chi connectivity index (χ0) is 12.0. The van der Waals surface area contributed by atoms with Gasteiger partial charge in [0.15, 0.2) is 0 Å². The van der Waals surface area contributed by atoms with Gasteiger partial charge in [-0.15, -0.1) is 0 Å². The molecule has 3 atom stereocenters. The lowest BCUT2D eigenvalue weighted by molar-refractivity contribution is 0.206. The number of nitrogens with zero attached hydrogens (tertiary/aromatic N) is 2. The molecule has 0 rings (SSSR count). The molecule has 2 heteroatoms. The van der Waals surface area contributed by atoms with E-state index in [1.807, 2.05) is 0 Å². The molecule has 0 heterocycles. The standard InChI is InChI=1S/C13H30N2/c1-11(8-9-14(4)5)10-12(2)13(3)15(6)7/h11-13H,8-10H2,1-7H3. The van der Waals surface area contributed by atoms with Gasteiger partial charge in [-0.3, -0.25) is 0 Å². The van der Waals surface area contributed by atoms with E-state index in [-0.39, 0.29) is 0 Å². The first-order valence-electron chi connectivity index (χ1n) is 6.15. The fourth-order valence-electron chi connectivity index (χ4n) is 1.94. The van der Waals surface area contributed by atoms with Gasteiger partial charge in [-0.25, -0.2) is 0 Å². The number of rotatable bonds is 7. The third-order valence-corrected chi connectivity index (χ3v) is 3.48. The Kier molecular flexibility index (Phi) is 7.20. The van der Waals surface area contributed by atoms with E-state index in [0.717, 1.165) is 11.8 Å². The molecule has 0 amide bonds. The third-order valence-electron chi connectivity index (χ3n) is 3.48. The van der Waals surface area contributed by atoms with Gasteiger partial charge in [0, 0.05) is 6.04 Å². The molecule has 0 radical (unpaired) electrons. The molecule has 15 heavy (non-hydrogen) atoms. The average molecular weight is 214 g/mol. The van der Waals surface area contributed by atoms with Gasteiger partial charge in [-0.1, -0.05) is 13.8 Å². The molecule has 0 fully saturated rings. The third kappa shape index (κ3) is 6.91. The van der Waals surface area contributed by atoms with E-state index in [1.165, 1.54) is 19.4 Å². The van der Waals surface area contributed by atoms with Crippen LogP contribution in [0.1, 0.15) is 33.6 Å². The van der Waals surface area contributed by atoms with Gasteiger partial charge in [0.2, 0.25) is 0 Å². The molecule has 0 aromatic rings. The fraction of sp³-hybridized carbons (Fsp3) is 1.00. The quantitative estimate of drug-likeness (QED) is 0.642. The van der Waals surface area contributed by atoms with Gasteiger partial charge in [-0.2, -0.15) is 0 Å². The molecule has 0 saturated heterocycles. The summed E-state index contributed by atoms with van der Waals surface area (Å²) in [6.45, 7) is 8.28. The van der Waals surface area contributed by atoms with Crippen molar-refractivity contribution < 1.29 is 0 Å². The number of hydrogen-bond donors (Lipinski definition) is 0. The predicted octanol–water partition coefficient (Wildman–Crippen LogP) is 2.55. The van der Waals surface area contributed by atoms with Crippen molar-refractivity contribution in [2.75, 3.05) is 34.7 Å². The second-order valence-corrected chi connectivity index (χ2v) is 5.61. The van der Waals surface area contributed by atoms with Crippen LogP contribution >= 0.6 is 0 Å². The van der Waals surface area contributed by atoms with Crippen molar-refractivity contribution in [1.29, 1.82) is 0 Å². The van der Waals surface area contributed by atoms with E-state index in [9.17, 15) is 0 Å². The summed E-state index contributed by atoms with van der Waals surface area (Å²) in [5.74, 6) is 1.63. The van der Waals surface area contributed by atoms with Crippen molar-refractivity contribution in [3.8, 4) is 0 Å². The second kappa shape index (κ2) is 7.24. The van der Waals surface area contributed by atoms with E-state index in [4.69, 9.17) is 0 Å². The maximum atomic E-state index is 2.38. The summed E-state index contributed by atoms with van der Waals surface area (Å²) in [6, 6.07) is 0.687. The summed E-state index contributed by atoms with van der Waals surface area (Å²) >= 11 is 0. The van der Waals surface area contributed by atoms with Gasteiger partial charge >= 0.3 is 0 Å². The van der Waals surface area contributed by atoms with E-state index < -0.39 is 0 Å². The summed E-state index contributed by atoms with van der Waals surface area (Å²) in [6.07, 6.45) is 2.66. The van der Waals surface area contributed by atoms with Crippen molar-refractivity contribution in [2.24, 2.45) is 11.8 Å². The molecule has 0 saturated carbocycles. The maximum Gasteiger partial charge on any atom is 0.00865 e. The normalized spacial score (nSPS) is 18.2. The van der Waals surface area contributed by atoms with Crippen LogP contribution in [0.3, 0.4) is 0 Å². The molecule has 0 bridgehead atoms. The molecular formula is C13H30N2. The first kappa shape index (κ1) is 14.9. The predicted molar refractivity (Wildman–Crippen MR) is 69.3 cm³/mol. The smallest absolute Gasteiger partial charge is 0.00865 e. The number of hydrogen-bond acceptors (Lipinski definition) is 2. The van der Waals surface area contributed by atoms with E-state index >= 15 is 0 Å². The van der Waals surface area contributed by atoms with Crippen LogP contribution in [-0.2, 0) is 0 Å². The summed E-state index contributed by atoms with van der Waals surface area (Å²) in [4.78, 5) is 4.60. The fourth-order valence-corrected chi connectivity index (χ4v) is 1.94. The highest BCUT2D eigenvalue weighted by Crippen LogP contribution is 2.20. The van der Waals surface area contributed by atoms with Crippen LogP contribution in [0.15, 0.2) is 0 Å². The Bertz CT molecular complexity index is 155. The maximum absolute atomic E-state index is 2.38. The van der Waals surface area contributed by atoms with Gasteiger partial charge < -0.3 is 9.80 Å². The van der Waals surface area contributed by atoms with Crippen molar-refractivity contribution in [1.82, 2.24) is 9.80 Å². The second-order valence-electron chi connectivity index (χ2n) is 5.61. The first-order chi connectivity index (χ1) is 6.84. The Morgan fingerprint density at radius 2 is 1.47 bits per heavy atom. The topological polar surface area (TPSA) is 6.48 Å². The molecule has 2 nitrogen and oxygen atoms in total. The molecule has 92 valence electrons. The minimum Gasteiger partial charge on any atom is -0.309 e. The van der Waals surface area contributed by atoms with E-state index in [1.54, 1.807) is 0 Å². The monoisotopic (exact) mass is 214 g/mol. The molecule has 0 aliphatic carbocycles. The first-order valence-corrected chi connectivity index (χ1v) is 6.15. The van der Waals surface area contributed by atoms with Crippen LogP contribution in [0.2, 0.25) is 0 Å². The molecule has 0 aromatic carbocycles. The highest BCUT2D eigenvalue weighted by atomic mass is 15.1. The minimum atomic E-state index is 0.687. The molecule has 0 aliphatic rings. The Labute approximate surface area is 96.6 Å². The Balaban J connectivity index is 3.80. The molecule has 0 spiro atoms.